The van der Waals surface area contributed by atoms with Gasteiger partial charge in [0.1, 0.15) is 5.75 Å². The molecule has 0 aromatic heterocycles. The standard InChI is InChI=1S/C13H21NOS/c1-9-6-11(12(8-16)14(3)4)7-10(2)13(9)15-5/h6-7,12,16H,8H2,1-5H3. The molecule has 0 saturated heterocycles. The van der Waals surface area contributed by atoms with Crippen molar-refractivity contribution in [1.82, 2.24) is 4.90 Å². The number of methoxy groups -OCH3 is 1. The Morgan fingerprint density at radius 2 is 1.75 bits per heavy atom. The van der Waals surface area contributed by atoms with Crippen LogP contribution in [0.15, 0.2) is 12.1 Å². The van der Waals surface area contributed by atoms with Crippen LogP contribution >= 0.6 is 12.6 Å². The van der Waals surface area contributed by atoms with Crippen molar-refractivity contribution >= 4 is 12.6 Å². The smallest absolute Gasteiger partial charge is 0.124 e. The number of nitrogens with zero attached hydrogens (tertiary/aromatic N) is 1. The molecular formula is C13H21NOS. The summed E-state index contributed by atoms with van der Waals surface area (Å²) in [5.74, 6) is 1.80. The van der Waals surface area contributed by atoms with Crippen LogP contribution in [-0.4, -0.2) is 31.9 Å². The molecule has 0 bridgehead atoms. The summed E-state index contributed by atoms with van der Waals surface area (Å²) in [5, 5.41) is 0. The highest BCUT2D eigenvalue weighted by Gasteiger charge is 2.14. The predicted octanol–water partition coefficient (Wildman–Crippen LogP) is 2.84. The molecule has 0 aliphatic heterocycles. The van der Waals surface area contributed by atoms with E-state index >= 15 is 0 Å². The van der Waals surface area contributed by atoms with Gasteiger partial charge in [-0.25, -0.2) is 0 Å². The minimum atomic E-state index is 0.353. The van der Waals surface area contributed by atoms with E-state index in [1.54, 1.807) is 7.11 Å². The van der Waals surface area contributed by atoms with E-state index in [1.807, 2.05) is 0 Å². The van der Waals surface area contributed by atoms with Gasteiger partial charge in [0.05, 0.1) is 7.11 Å². The Hall–Kier alpha value is -0.670. The first-order valence-electron chi connectivity index (χ1n) is 5.43. The third-order valence-corrected chi connectivity index (χ3v) is 3.21. The average Bonchev–Trinajstić information content (AvgIpc) is 2.17. The van der Waals surface area contributed by atoms with Gasteiger partial charge in [0.15, 0.2) is 0 Å². The maximum atomic E-state index is 5.37. The van der Waals surface area contributed by atoms with Gasteiger partial charge in [0, 0.05) is 11.8 Å². The zero-order chi connectivity index (χ0) is 12.3. The molecule has 1 aromatic rings. The van der Waals surface area contributed by atoms with Gasteiger partial charge in [-0.3, -0.25) is 0 Å². The first-order chi connectivity index (χ1) is 7.51. The first kappa shape index (κ1) is 13.4. The van der Waals surface area contributed by atoms with E-state index in [1.165, 1.54) is 16.7 Å². The zero-order valence-corrected chi connectivity index (χ0v) is 11.6. The van der Waals surface area contributed by atoms with Crippen LogP contribution in [0.4, 0.5) is 0 Å². The highest BCUT2D eigenvalue weighted by molar-refractivity contribution is 7.80. The average molecular weight is 239 g/mol. The number of hydrogen-bond acceptors (Lipinski definition) is 3. The summed E-state index contributed by atoms with van der Waals surface area (Å²) in [7, 11) is 5.88. The van der Waals surface area contributed by atoms with Gasteiger partial charge in [-0.2, -0.15) is 12.6 Å². The van der Waals surface area contributed by atoms with Crippen LogP contribution in [0.25, 0.3) is 0 Å². The third-order valence-electron chi connectivity index (χ3n) is 2.87. The minimum absolute atomic E-state index is 0.353. The van der Waals surface area contributed by atoms with Gasteiger partial charge in [-0.05, 0) is 44.6 Å². The molecule has 0 N–H and O–H groups in total. The van der Waals surface area contributed by atoms with Crippen LogP contribution in [0.3, 0.4) is 0 Å². The molecule has 0 amide bonds. The molecule has 1 unspecified atom stereocenters. The zero-order valence-electron chi connectivity index (χ0n) is 10.7. The molecule has 0 saturated carbocycles. The van der Waals surface area contributed by atoms with Gasteiger partial charge in [-0.15, -0.1) is 0 Å². The topological polar surface area (TPSA) is 12.5 Å². The van der Waals surface area contributed by atoms with Gasteiger partial charge in [0.25, 0.3) is 0 Å². The van der Waals surface area contributed by atoms with Crippen LogP contribution < -0.4 is 4.74 Å². The van der Waals surface area contributed by atoms with E-state index in [0.29, 0.717) is 6.04 Å². The number of thiol groups is 1. The van der Waals surface area contributed by atoms with Gasteiger partial charge < -0.3 is 9.64 Å². The molecule has 0 aliphatic carbocycles. The number of rotatable bonds is 4. The third kappa shape index (κ3) is 2.71. The van der Waals surface area contributed by atoms with Crippen molar-refractivity contribution in [2.75, 3.05) is 27.0 Å². The molecule has 0 fully saturated rings. The van der Waals surface area contributed by atoms with Gasteiger partial charge >= 0.3 is 0 Å². The van der Waals surface area contributed by atoms with E-state index < -0.39 is 0 Å². The van der Waals surface area contributed by atoms with E-state index in [0.717, 1.165) is 11.5 Å². The van der Waals surface area contributed by atoms with E-state index in [9.17, 15) is 0 Å². The van der Waals surface area contributed by atoms with Gasteiger partial charge in [0.2, 0.25) is 0 Å². The van der Waals surface area contributed by atoms with Crippen molar-refractivity contribution in [3.05, 3.63) is 28.8 Å². The number of benzene rings is 1. The molecule has 16 heavy (non-hydrogen) atoms. The van der Waals surface area contributed by atoms with Crippen molar-refractivity contribution in [2.24, 2.45) is 0 Å². The molecule has 1 atom stereocenters. The van der Waals surface area contributed by atoms with Crippen LogP contribution in [-0.2, 0) is 0 Å². The second-order valence-electron chi connectivity index (χ2n) is 4.35. The molecular weight excluding hydrogens is 218 g/mol. The fraction of sp³-hybridized carbons (Fsp3) is 0.538. The summed E-state index contributed by atoms with van der Waals surface area (Å²) in [6.07, 6.45) is 0. The molecule has 0 radical (unpaired) electrons. The van der Waals surface area contributed by atoms with E-state index in [2.05, 4.69) is 57.6 Å². The van der Waals surface area contributed by atoms with Crippen LogP contribution in [0, 0.1) is 13.8 Å². The SMILES string of the molecule is COc1c(C)cc(C(CS)N(C)C)cc1C. The van der Waals surface area contributed by atoms with Crippen molar-refractivity contribution < 1.29 is 4.74 Å². The molecule has 3 heteroatoms. The van der Waals surface area contributed by atoms with Crippen molar-refractivity contribution in [2.45, 2.75) is 19.9 Å². The lowest BCUT2D eigenvalue weighted by Crippen LogP contribution is -2.21. The molecule has 0 spiro atoms. The Balaban J connectivity index is 3.16. The molecule has 1 aromatic carbocycles. The minimum Gasteiger partial charge on any atom is -0.496 e. The van der Waals surface area contributed by atoms with E-state index in [4.69, 9.17) is 4.74 Å². The summed E-state index contributed by atoms with van der Waals surface area (Å²) in [6, 6.07) is 4.73. The monoisotopic (exact) mass is 239 g/mol. The summed E-state index contributed by atoms with van der Waals surface area (Å²) in [4.78, 5) is 2.19. The Bertz CT molecular complexity index is 340. The van der Waals surface area contributed by atoms with Crippen LogP contribution in [0.2, 0.25) is 0 Å². The maximum absolute atomic E-state index is 5.37. The molecule has 0 heterocycles. The largest absolute Gasteiger partial charge is 0.496 e. The second kappa shape index (κ2) is 5.60. The van der Waals surface area contributed by atoms with Gasteiger partial charge in [-0.1, -0.05) is 12.1 Å². The summed E-state index contributed by atoms with van der Waals surface area (Å²) < 4.78 is 5.37. The summed E-state index contributed by atoms with van der Waals surface area (Å²) >= 11 is 4.41. The predicted molar refractivity (Wildman–Crippen MR) is 72.7 cm³/mol. The lowest BCUT2D eigenvalue weighted by atomic mass is 10.0. The normalized spacial score (nSPS) is 12.9. The Kier molecular flexibility index (Phi) is 4.69. The van der Waals surface area contributed by atoms with Crippen molar-refractivity contribution in [1.29, 1.82) is 0 Å². The number of ether oxygens (including phenoxy) is 1. The molecule has 90 valence electrons. The highest BCUT2D eigenvalue weighted by Crippen LogP contribution is 2.29. The van der Waals surface area contributed by atoms with Crippen molar-refractivity contribution in [3.63, 3.8) is 0 Å². The number of aryl methyl sites for hydroxylation is 2. The Morgan fingerprint density at radius 1 is 1.25 bits per heavy atom. The summed E-state index contributed by atoms with van der Waals surface area (Å²) in [5.41, 5.74) is 3.67. The maximum Gasteiger partial charge on any atom is 0.124 e. The van der Waals surface area contributed by atoms with E-state index in [-0.39, 0.29) is 0 Å². The highest BCUT2D eigenvalue weighted by atomic mass is 32.1. The fourth-order valence-electron chi connectivity index (χ4n) is 2.06. The Morgan fingerprint density at radius 3 is 2.06 bits per heavy atom. The quantitative estimate of drug-likeness (QED) is 0.811. The summed E-state index contributed by atoms with van der Waals surface area (Å²) in [6.45, 7) is 4.17. The molecule has 0 aliphatic rings. The lowest BCUT2D eigenvalue weighted by Gasteiger charge is -2.24. The lowest BCUT2D eigenvalue weighted by molar-refractivity contribution is 0.326. The molecule has 1 rings (SSSR count). The number of hydrogen-bond donors (Lipinski definition) is 1. The van der Waals surface area contributed by atoms with Crippen LogP contribution in [0.5, 0.6) is 5.75 Å². The van der Waals surface area contributed by atoms with Crippen molar-refractivity contribution in [3.8, 4) is 5.75 Å². The van der Waals surface area contributed by atoms with Crippen LogP contribution in [0.1, 0.15) is 22.7 Å². The Labute approximate surface area is 104 Å². The second-order valence-corrected chi connectivity index (χ2v) is 4.72. The first-order valence-corrected chi connectivity index (χ1v) is 6.07. The fourth-order valence-corrected chi connectivity index (χ4v) is 2.60. The molecule has 2 nitrogen and oxygen atoms in total.